The fraction of sp³-hybridized carbons (Fsp3) is 0.333. The Kier molecular flexibility index (Phi) is 5.53. The number of nitrogen functional groups attached to an aromatic ring is 1. The number of carbonyl (C=O) groups excluding carboxylic acids is 1. The monoisotopic (exact) mass is 461 g/mol. The molecule has 2 atom stereocenters. The van der Waals surface area contributed by atoms with Crippen LogP contribution in [0, 0.1) is 30.0 Å². The molecule has 1 aliphatic carbocycles. The van der Waals surface area contributed by atoms with Crippen LogP contribution >= 0.6 is 0 Å². The number of nitrogens with one attached hydrogen (secondary N) is 3. The van der Waals surface area contributed by atoms with Gasteiger partial charge in [-0.15, -0.1) is 0 Å². The lowest BCUT2D eigenvalue weighted by atomic mass is 9.97. The first-order valence-corrected chi connectivity index (χ1v) is 11.2. The molecule has 0 spiro atoms. The van der Waals surface area contributed by atoms with E-state index in [0.29, 0.717) is 53.2 Å². The Morgan fingerprint density at radius 1 is 1.29 bits per heavy atom. The standard InChI is InChI=1S/C24H24FN7O2/c1-12-17(10-30-23-22(12)28-4-5-34-23)16-7-14-8-19(29-11-18(14)21(27)20(16)25)32-24(33)31-15-3-2-13(6-15)9-26/h7-8,10-11,13,15,28H,2-6,27H2,1H3,(H2,29,31,32,33)/t13-,15+/m1/s1. The summed E-state index contributed by atoms with van der Waals surface area (Å²) in [5, 5.41) is 19.0. The van der Waals surface area contributed by atoms with Gasteiger partial charge in [0, 0.05) is 47.4 Å². The number of hydrogen-bond acceptors (Lipinski definition) is 7. The number of ether oxygens (including phenoxy) is 1. The first kappa shape index (κ1) is 21.7. The molecule has 3 aromatic rings. The van der Waals surface area contributed by atoms with Crippen LogP contribution in [0.4, 0.5) is 26.4 Å². The molecule has 5 rings (SSSR count). The van der Waals surface area contributed by atoms with Gasteiger partial charge >= 0.3 is 6.03 Å². The van der Waals surface area contributed by atoms with Crippen LogP contribution in [-0.2, 0) is 0 Å². The number of fused-ring (bicyclic) bond motifs is 2. The number of benzene rings is 1. The molecule has 174 valence electrons. The van der Waals surface area contributed by atoms with Gasteiger partial charge < -0.3 is 21.1 Å². The lowest BCUT2D eigenvalue weighted by molar-refractivity contribution is 0.248. The van der Waals surface area contributed by atoms with Crippen LogP contribution in [0.2, 0.25) is 0 Å². The Morgan fingerprint density at radius 2 is 2.15 bits per heavy atom. The highest BCUT2D eigenvalue weighted by Crippen LogP contribution is 2.39. The Morgan fingerprint density at radius 3 is 2.94 bits per heavy atom. The van der Waals surface area contributed by atoms with E-state index in [1.54, 1.807) is 18.3 Å². The van der Waals surface area contributed by atoms with E-state index in [0.717, 1.165) is 24.1 Å². The molecule has 2 aromatic heterocycles. The van der Waals surface area contributed by atoms with E-state index in [1.807, 2.05) is 6.92 Å². The Labute approximate surface area is 195 Å². The number of aromatic nitrogens is 2. The highest BCUT2D eigenvalue weighted by atomic mass is 19.1. The van der Waals surface area contributed by atoms with Crippen molar-refractivity contribution in [2.75, 3.05) is 29.5 Å². The van der Waals surface area contributed by atoms with Crippen molar-refractivity contribution in [2.45, 2.75) is 32.2 Å². The summed E-state index contributed by atoms with van der Waals surface area (Å²) in [6, 6.07) is 5.14. The Bertz CT molecular complexity index is 1340. The zero-order valence-corrected chi connectivity index (χ0v) is 18.6. The molecule has 0 radical (unpaired) electrons. The molecule has 2 amide bonds. The van der Waals surface area contributed by atoms with E-state index in [9.17, 15) is 4.79 Å². The summed E-state index contributed by atoms with van der Waals surface area (Å²) >= 11 is 0. The maximum Gasteiger partial charge on any atom is 0.320 e. The van der Waals surface area contributed by atoms with Crippen LogP contribution in [-0.4, -0.2) is 35.2 Å². The number of halogens is 1. The van der Waals surface area contributed by atoms with Gasteiger partial charge in [-0.25, -0.2) is 19.2 Å². The number of pyridine rings is 2. The maximum absolute atomic E-state index is 15.3. The van der Waals surface area contributed by atoms with Crippen LogP contribution < -0.4 is 26.4 Å². The van der Waals surface area contributed by atoms with E-state index < -0.39 is 11.8 Å². The van der Waals surface area contributed by atoms with Gasteiger partial charge in [0.1, 0.15) is 18.1 Å². The van der Waals surface area contributed by atoms with Crippen LogP contribution in [0.3, 0.4) is 0 Å². The van der Waals surface area contributed by atoms with Gasteiger partial charge in [0.25, 0.3) is 0 Å². The van der Waals surface area contributed by atoms with Crippen molar-refractivity contribution in [3.63, 3.8) is 0 Å². The summed E-state index contributed by atoms with van der Waals surface area (Å²) in [5.74, 6) is 0.227. The molecule has 5 N–H and O–H groups in total. The van der Waals surface area contributed by atoms with Crippen molar-refractivity contribution < 1.29 is 13.9 Å². The first-order valence-electron chi connectivity index (χ1n) is 11.2. The lowest BCUT2D eigenvalue weighted by Gasteiger charge is -2.22. The van der Waals surface area contributed by atoms with Crippen LogP contribution in [0.15, 0.2) is 24.5 Å². The van der Waals surface area contributed by atoms with Gasteiger partial charge in [0.05, 0.1) is 11.8 Å². The minimum atomic E-state index is -0.553. The molecule has 1 aromatic carbocycles. The number of nitrogens with zero attached hydrogens (tertiary/aromatic N) is 3. The third kappa shape index (κ3) is 3.90. The highest BCUT2D eigenvalue weighted by molar-refractivity contribution is 6.00. The molecule has 9 nitrogen and oxygen atoms in total. The van der Waals surface area contributed by atoms with Crippen molar-refractivity contribution in [3.8, 4) is 23.1 Å². The molecule has 0 bridgehead atoms. The average molecular weight is 462 g/mol. The fourth-order valence-electron chi connectivity index (χ4n) is 4.62. The number of amides is 2. The number of hydrogen-bond donors (Lipinski definition) is 4. The van der Waals surface area contributed by atoms with E-state index in [-0.39, 0.29) is 17.6 Å². The molecule has 0 saturated heterocycles. The number of carbonyl (C=O) groups is 1. The summed E-state index contributed by atoms with van der Waals surface area (Å²) in [6.45, 7) is 3.04. The van der Waals surface area contributed by atoms with Crippen LogP contribution in [0.1, 0.15) is 24.8 Å². The molecule has 1 aliphatic heterocycles. The molecule has 2 aliphatic rings. The molecule has 3 heterocycles. The second-order valence-electron chi connectivity index (χ2n) is 8.63. The molecular formula is C24H24FN7O2. The van der Waals surface area contributed by atoms with E-state index >= 15 is 4.39 Å². The zero-order valence-electron chi connectivity index (χ0n) is 18.6. The molecule has 34 heavy (non-hydrogen) atoms. The van der Waals surface area contributed by atoms with Gasteiger partial charge in [-0.05, 0) is 49.3 Å². The maximum atomic E-state index is 15.3. The van der Waals surface area contributed by atoms with Crippen molar-refractivity contribution in [1.82, 2.24) is 15.3 Å². The van der Waals surface area contributed by atoms with E-state index in [4.69, 9.17) is 15.7 Å². The quantitative estimate of drug-likeness (QED) is 0.433. The smallest absolute Gasteiger partial charge is 0.320 e. The van der Waals surface area contributed by atoms with E-state index in [2.05, 4.69) is 32.0 Å². The number of nitriles is 1. The van der Waals surface area contributed by atoms with Crippen LogP contribution in [0.25, 0.3) is 21.9 Å². The highest BCUT2D eigenvalue weighted by Gasteiger charge is 2.26. The summed E-state index contributed by atoms with van der Waals surface area (Å²) in [4.78, 5) is 21.0. The first-order chi connectivity index (χ1) is 16.4. The molecule has 1 fully saturated rings. The van der Waals surface area contributed by atoms with Crippen molar-refractivity contribution in [1.29, 1.82) is 5.26 Å². The van der Waals surface area contributed by atoms with Crippen molar-refractivity contribution in [2.24, 2.45) is 5.92 Å². The van der Waals surface area contributed by atoms with E-state index in [1.165, 1.54) is 6.20 Å². The molecular weight excluding hydrogens is 437 g/mol. The number of rotatable bonds is 3. The summed E-state index contributed by atoms with van der Waals surface area (Å²) < 4.78 is 20.9. The van der Waals surface area contributed by atoms with Gasteiger partial charge in [-0.2, -0.15) is 5.26 Å². The number of urea groups is 1. The predicted octanol–water partition coefficient (Wildman–Crippen LogP) is 3.94. The minimum absolute atomic E-state index is 0.0224. The lowest BCUT2D eigenvalue weighted by Crippen LogP contribution is -2.36. The summed E-state index contributed by atoms with van der Waals surface area (Å²) in [7, 11) is 0. The van der Waals surface area contributed by atoms with Gasteiger partial charge in [-0.3, -0.25) is 5.32 Å². The van der Waals surface area contributed by atoms with Crippen molar-refractivity contribution >= 4 is 34.0 Å². The minimum Gasteiger partial charge on any atom is -0.474 e. The predicted molar refractivity (Wildman–Crippen MR) is 127 cm³/mol. The van der Waals surface area contributed by atoms with Gasteiger partial charge in [0.2, 0.25) is 5.88 Å². The third-order valence-electron chi connectivity index (χ3n) is 6.43. The summed E-state index contributed by atoms with van der Waals surface area (Å²) in [6.07, 6.45) is 5.21. The second kappa shape index (κ2) is 8.67. The fourth-order valence-corrected chi connectivity index (χ4v) is 4.62. The number of anilines is 3. The van der Waals surface area contributed by atoms with Gasteiger partial charge in [0.15, 0.2) is 5.82 Å². The number of nitrogens with two attached hydrogens (primary N) is 1. The average Bonchev–Trinajstić information content (AvgIpc) is 3.29. The third-order valence-corrected chi connectivity index (χ3v) is 6.43. The SMILES string of the molecule is Cc1c(-c2cc3cc(NC(=O)N[C@H]4CC[C@@H](C#N)C4)ncc3c(N)c2F)cnc2c1NCCO2. The topological polar surface area (TPSA) is 138 Å². The largest absolute Gasteiger partial charge is 0.474 e. The van der Waals surface area contributed by atoms with Gasteiger partial charge in [-0.1, -0.05) is 0 Å². The van der Waals surface area contributed by atoms with Crippen LogP contribution in [0.5, 0.6) is 5.88 Å². The molecule has 1 saturated carbocycles. The zero-order chi connectivity index (χ0) is 23.8. The molecule has 10 heteroatoms. The second-order valence-corrected chi connectivity index (χ2v) is 8.63. The summed E-state index contributed by atoms with van der Waals surface area (Å²) in [5.41, 5.74) is 8.55. The normalized spacial score (nSPS) is 19.0. The Balaban J connectivity index is 1.45. The van der Waals surface area contributed by atoms with Crippen molar-refractivity contribution in [3.05, 3.63) is 35.9 Å². The molecule has 0 unspecified atom stereocenters. The Hall–Kier alpha value is -4.13.